The summed E-state index contributed by atoms with van der Waals surface area (Å²) in [6, 6.07) is 0. The van der Waals surface area contributed by atoms with Crippen molar-refractivity contribution < 1.29 is 8.78 Å². The Morgan fingerprint density at radius 2 is 1.50 bits per heavy atom. The number of rotatable bonds is 0. The molecule has 0 heterocycles. The Morgan fingerprint density at radius 1 is 0.950 bits per heavy atom. The van der Waals surface area contributed by atoms with Gasteiger partial charge < -0.3 is 0 Å². The van der Waals surface area contributed by atoms with Crippen LogP contribution in [0.3, 0.4) is 0 Å². The van der Waals surface area contributed by atoms with Crippen molar-refractivity contribution in [3.63, 3.8) is 0 Å². The lowest BCUT2D eigenvalue weighted by atomic mass is 9.61. The Kier molecular flexibility index (Phi) is 7.69. The Morgan fingerprint density at radius 3 is 2.05 bits per heavy atom. The van der Waals surface area contributed by atoms with Gasteiger partial charge in [-0.2, -0.15) is 0 Å². The van der Waals surface area contributed by atoms with Crippen LogP contribution in [-0.2, 0) is 0 Å². The molecule has 0 aromatic carbocycles. The first kappa shape index (κ1) is 19.3. The van der Waals surface area contributed by atoms with E-state index >= 15 is 0 Å². The van der Waals surface area contributed by atoms with E-state index < -0.39 is 5.92 Å². The van der Waals surface area contributed by atoms with Gasteiger partial charge in [-0.3, -0.25) is 0 Å². The van der Waals surface area contributed by atoms with Gasteiger partial charge in [0.2, 0.25) is 0 Å². The predicted molar refractivity (Wildman–Crippen MR) is 85.1 cm³/mol. The predicted octanol–water partition coefficient (Wildman–Crippen LogP) is 6.49. The summed E-state index contributed by atoms with van der Waals surface area (Å²) < 4.78 is 26.8. The lowest BCUT2D eigenvalue weighted by Gasteiger charge is -2.44. The van der Waals surface area contributed by atoms with Gasteiger partial charge >= 0.3 is 0 Å². The molecular weight excluding hydrogens is 254 g/mol. The van der Waals surface area contributed by atoms with Crippen molar-refractivity contribution in [1.29, 1.82) is 0 Å². The Hall–Kier alpha value is -0.660. The maximum Gasteiger partial charge on any atom is 0.266 e. The van der Waals surface area contributed by atoms with Crippen LogP contribution < -0.4 is 0 Å². The fraction of sp³-hybridized carbons (Fsp3) is 0.778. The molecule has 20 heavy (non-hydrogen) atoms. The van der Waals surface area contributed by atoms with Crippen LogP contribution in [-0.4, -0.2) is 5.92 Å². The second-order valence-electron chi connectivity index (χ2n) is 5.64. The molecule has 2 heteroatoms. The summed E-state index contributed by atoms with van der Waals surface area (Å²) in [7, 11) is 0. The molecule has 0 spiro atoms. The third-order valence-electron chi connectivity index (χ3n) is 4.69. The minimum absolute atomic E-state index is 0.0187. The highest BCUT2D eigenvalue weighted by atomic mass is 19.3. The zero-order valence-corrected chi connectivity index (χ0v) is 14.2. The van der Waals surface area contributed by atoms with Gasteiger partial charge in [-0.05, 0) is 35.7 Å². The number of hydrogen-bond donors (Lipinski definition) is 0. The SMILES string of the molecule is CC.CC.CC1C=CC2CCC(F)(F)C=C[C@]2(C)C1C. The molecule has 0 radical (unpaired) electrons. The smallest absolute Gasteiger partial charge is 0.202 e. The van der Waals surface area contributed by atoms with Crippen LogP contribution in [0.4, 0.5) is 8.78 Å². The molecule has 0 saturated heterocycles. The molecule has 118 valence electrons. The van der Waals surface area contributed by atoms with Crippen molar-refractivity contribution in [2.45, 2.75) is 67.2 Å². The topological polar surface area (TPSA) is 0 Å². The minimum Gasteiger partial charge on any atom is -0.202 e. The minimum atomic E-state index is -2.61. The highest BCUT2D eigenvalue weighted by Crippen LogP contribution is 2.50. The van der Waals surface area contributed by atoms with Crippen LogP contribution in [0.2, 0.25) is 0 Å². The first-order valence-corrected chi connectivity index (χ1v) is 8.12. The molecule has 0 amide bonds. The van der Waals surface area contributed by atoms with E-state index in [1.54, 1.807) is 6.08 Å². The molecule has 0 aromatic heterocycles. The van der Waals surface area contributed by atoms with Gasteiger partial charge in [-0.1, -0.05) is 66.7 Å². The number of halogens is 2. The van der Waals surface area contributed by atoms with E-state index in [9.17, 15) is 8.78 Å². The Labute approximate surface area is 124 Å². The van der Waals surface area contributed by atoms with E-state index in [1.165, 1.54) is 0 Å². The Balaban J connectivity index is 0.000000829. The zero-order valence-electron chi connectivity index (χ0n) is 14.2. The highest BCUT2D eigenvalue weighted by molar-refractivity contribution is 5.19. The molecule has 0 bridgehead atoms. The molecule has 3 unspecified atom stereocenters. The van der Waals surface area contributed by atoms with Crippen molar-refractivity contribution in [3.05, 3.63) is 24.3 Å². The average Bonchev–Trinajstić information content (AvgIpc) is 2.58. The van der Waals surface area contributed by atoms with Crippen LogP contribution in [0.5, 0.6) is 0 Å². The largest absolute Gasteiger partial charge is 0.266 e. The molecule has 0 aliphatic heterocycles. The van der Waals surface area contributed by atoms with Crippen LogP contribution in [0.15, 0.2) is 24.3 Å². The molecule has 0 aromatic rings. The van der Waals surface area contributed by atoms with Crippen LogP contribution in [0.25, 0.3) is 0 Å². The quantitative estimate of drug-likeness (QED) is 0.446. The van der Waals surface area contributed by atoms with E-state index in [0.717, 1.165) is 6.08 Å². The van der Waals surface area contributed by atoms with E-state index in [2.05, 4.69) is 32.9 Å². The monoisotopic (exact) mass is 286 g/mol. The van der Waals surface area contributed by atoms with Crippen molar-refractivity contribution in [2.24, 2.45) is 23.2 Å². The number of fused-ring (bicyclic) bond motifs is 1. The van der Waals surface area contributed by atoms with Crippen molar-refractivity contribution in [3.8, 4) is 0 Å². The second-order valence-corrected chi connectivity index (χ2v) is 5.64. The van der Waals surface area contributed by atoms with Gasteiger partial charge in [-0.15, -0.1) is 0 Å². The summed E-state index contributed by atoms with van der Waals surface area (Å²) in [5.41, 5.74) is -0.103. The van der Waals surface area contributed by atoms with E-state index in [1.807, 2.05) is 27.7 Å². The van der Waals surface area contributed by atoms with E-state index in [-0.39, 0.29) is 17.8 Å². The summed E-state index contributed by atoms with van der Waals surface area (Å²) in [5, 5.41) is 0. The lowest BCUT2D eigenvalue weighted by molar-refractivity contribution is 0.0397. The van der Waals surface area contributed by atoms with Gasteiger partial charge in [0, 0.05) is 6.42 Å². The van der Waals surface area contributed by atoms with Gasteiger partial charge in [0.05, 0.1) is 0 Å². The third-order valence-corrected chi connectivity index (χ3v) is 4.69. The molecule has 0 N–H and O–H groups in total. The normalized spacial score (nSPS) is 37.5. The second kappa shape index (κ2) is 7.95. The first-order chi connectivity index (χ1) is 9.35. The zero-order chi connectivity index (χ0) is 16.0. The standard InChI is InChI=1S/C14H20F2.2C2H6/c1-10-4-5-12-6-7-14(15,16)9-8-13(12,3)11(10)2;2*1-2/h4-5,8-12H,6-7H2,1-3H3;2*1-2H3/t10?,11?,12?,13-;;/m1../s1. The summed E-state index contributed by atoms with van der Waals surface area (Å²) in [5.74, 6) is -1.45. The average molecular weight is 286 g/mol. The summed E-state index contributed by atoms with van der Waals surface area (Å²) in [4.78, 5) is 0. The molecule has 0 fully saturated rings. The van der Waals surface area contributed by atoms with E-state index in [4.69, 9.17) is 0 Å². The number of allylic oxidation sites excluding steroid dienone is 4. The van der Waals surface area contributed by atoms with Gasteiger partial charge in [-0.25, -0.2) is 8.78 Å². The fourth-order valence-corrected chi connectivity index (χ4v) is 3.00. The van der Waals surface area contributed by atoms with Crippen LogP contribution >= 0.6 is 0 Å². The number of alkyl halides is 2. The van der Waals surface area contributed by atoms with Crippen molar-refractivity contribution in [2.75, 3.05) is 0 Å². The molecular formula is C18H32F2. The summed E-state index contributed by atoms with van der Waals surface area (Å²) in [6.45, 7) is 14.5. The summed E-state index contributed by atoms with van der Waals surface area (Å²) in [6.07, 6.45) is 7.81. The maximum atomic E-state index is 13.4. The van der Waals surface area contributed by atoms with Gasteiger partial charge in [0.25, 0.3) is 5.92 Å². The van der Waals surface area contributed by atoms with Crippen molar-refractivity contribution in [1.82, 2.24) is 0 Å². The molecule has 2 aliphatic carbocycles. The molecule has 0 nitrogen and oxygen atoms in total. The molecule has 2 aliphatic rings. The van der Waals surface area contributed by atoms with Crippen LogP contribution in [0, 0.1) is 23.2 Å². The van der Waals surface area contributed by atoms with Gasteiger partial charge in [0.15, 0.2) is 0 Å². The Bertz CT molecular complexity index is 330. The molecule has 4 atom stereocenters. The number of hydrogen-bond acceptors (Lipinski definition) is 0. The molecule has 2 rings (SSSR count). The highest BCUT2D eigenvalue weighted by Gasteiger charge is 2.44. The maximum absolute atomic E-state index is 13.4. The molecule has 0 saturated carbocycles. The van der Waals surface area contributed by atoms with Crippen molar-refractivity contribution >= 4 is 0 Å². The van der Waals surface area contributed by atoms with Crippen LogP contribution in [0.1, 0.15) is 61.3 Å². The first-order valence-electron chi connectivity index (χ1n) is 8.12. The van der Waals surface area contributed by atoms with Gasteiger partial charge in [0.1, 0.15) is 0 Å². The third kappa shape index (κ3) is 4.17. The lowest BCUT2D eigenvalue weighted by Crippen LogP contribution is -2.36. The summed E-state index contributed by atoms with van der Waals surface area (Å²) >= 11 is 0. The van der Waals surface area contributed by atoms with E-state index in [0.29, 0.717) is 18.3 Å². The fourth-order valence-electron chi connectivity index (χ4n) is 3.00.